The average molecular weight is 327 g/mol. The highest BCUT2D eigenvalue weighted by atomic mass is 35.5. The standard InChI is InChI=1S/C14H16Cl2N4O/c1-8-14(16)9(2)20(19-8)6-5-13(21)18-10-3-4-11(15)12(17)7-10/h3-4,7H,5-6,17H2,1-2H3,(H,18,21). The van der Waals surface area contributed by atoms with Crippen LogP contribution >= 0.6 is 23.2 Å². The maximum absolute atomic E-state index is 11.9. The summed E-state index contributed by atoms with van der Waals surface area (Å²) in [6.45, 7) is 4.18. The van der Waals surface area contributed by atoms with Gasteiger partial charge in [0.15, 0.2) is 0 Å². The third-order valence-electron chi connectivity index (χ3n) is 3.12. The minimum absolute atomic E-state index is 0.125. The number of anilines is 2. The van der Waals surface area contributed by atoms with Crippen LogP contribution in [0.5, 0.6) is 0 Å². The Morgan fingerprint density at radius 2 is 2.10 bits per heavy atom. The Labute approximate surface area is 133 Å². The van der Waals surface area contributed by atoms with Crippen LogP contribution in [0.25, 0.3) is 0 Å². The molecule has 0 aliphatic rings. The van der Waals surface area contributed by atoms with E-state index < -0.39 is 0 Å². The molecule has 2 aromatic rings. The fourth-order valence-corrected chi connectivity index (χ4v) is 2.20. The first kappa shape index (κ1) is 15.7. The van der Waals surface area contributed by atoms with Crippen molar-refractivity contribution in [2.75, 3.05) is 11.1 Å². The molecule has 0 unspecified atom stereocenters. The molecule has 0 aliphatic heterocycles. The van der Waals surface area contributed by atoms with Gasteiger partial charge in [0.25, 0.3) is 0 Å². The molecule has 0 atom stereocenters. The number of carbonyl (C=O) groups excluding carboxylic acids is 1. The molecule has 21 heavy (non-hydrogen) atoms. The number of carbonyl (C=O) groups is 1. The lowest BCUT2D eigenvalue weighted by molar-refractivity contribution is -0.116. The number of benzene rings is 1. The summed E-state index contributed by atoms with van der Waals surface area (Å²) in [5, 5.41) is 8.15. The second-order valence-electron chi connectivity index (χ2n) is 4.74. The molecular weight excluding hydrogens is 311 g/mol. The van der Waals surface area contributed by atoms with Crippen LogP contribution in [0.3, 0.4) is 0 Å². The van der Waals surface area contributed by atoms with Crippen LogP contribution < -0.4 is 11.1 Å². The van der Waals surface area contributed by atoms with Crippen LogP contribution in [0.2, 0.25) is 10.0 Å². The Morgan fingerprint density at radius 3 is 2.67 bits per heavy atom. The van der Waals surface area contributed by atoms with Crippen LogP contribution in [-0.4, -0.2) is 15.7 Å². The van der Waals surface area contributed by atoms with Crippen LogP contribution in [-0.2, 0) is 11.3 Å². The van der Waals surface area contributed by atoms with Gasteiger partial charge in [-0.3, -0.25) is 9.48 Å². The summed E-state index contributed by atoms with van der Waals surface area (Å²) in [5.41, 5.74) is 8.36. The van der Waals surface area contributed by atoms with E-state index in [1.165, 1.54) is 0 Å². The monoisotopic (exact) mass is 326 g/mol. The van der Waals surface area contributed by atoms with E-state index in [9.17, 15) is 4.79 Å². The second-order valence-corrected chi connectivity index (χ2v) is 5.53. The van der Waals surface area contributed by atoms with E-state index in [1.807, 2.05) is 13.8 Å². The van der Waals surface area contributed by atoms with Crippen molar-refractivity contribution in [1.82, 2.24) is 9.78 Å². The van der Waals surface area contributed by atoms with Crippen molar-refractivity contribution in [2.45, 2.75) is 26.8 Å². The number of hydrogen-bond donors (Lipinski definition) is 2. The largest absolute Gasteiger partial charge is 0.397 e. The molecule has 0 radical (unpaired) electrons. The van der Waals surface area contributed by atoms with E-state index in [2.05, 4.69) is 10.4 Å². The van der Waals surface area contributed by atoms with Gasteiger partial charge in [-0.25, -0.2) is 0 Å². The fraction of sp³-hybridized carbons (Fsp3) is 0.286. The summed E-state index contributed by atoms with van der Waals surface area (Å²) >= 11 is 11.9. The van der Waals surface area contributed by atoms with Crippen LogP contribution in [0.4, 0.5) is 11.4 Å². The lowest BCUT2D eigenvalue weighted by atomic mass is 10.2. The molecule has 7 heteroatoms. The molecule has 1 aromatic heterocycles. The zero-order chi connectivity index (χ0) is 15.6. The molecule has 112 valence electrons. The summed E-state index contributed by atoms with van der Waals surface area (Å²) in [4.78, 5) is 11.9. The summed E-state index contributed by atoms with van der Waals surface area (Å²) < 4.78 is 1.73. The lowest BCUT2D eigenvalue weighted by Crippen LogP contribution is -2.15. The molecule has 0 fully saturated rings. The molecule has 1 heterocycles. The van der Waals surface area contributed by atoms with Gasteiger partial charge in [0.05, 0.1) is 33.7 Å². The Bertz CT molecular complexity index is 682. The third kappa shape index (κ3) is 3.68. The summed E-state index contributed by atoms with van der Waals surface area (Å²) in [6, 6.07) is 4.98. The number of nitrogens with one attached hydrogen (secondary N) is 1. The molecule has 1 amide bonds. The van der Waals surface area contributed by atoms with E-state index in [0.717, 1.165) is 11.4 Å². The second kappa shape index (κ2) is 6.37. The van der Waals surface area contributed by atoms with E-state index >= 15 is 0 Å². The highest BCUT2D eigenvalue weighted by Gasteiger charge is 2.11. The fourth-order valence-electron chi connectivity index (χ4n) is 1.95. The van der Waals surface area contributed by atoms with Gasteiger partial charge in [0, 0.05) is 12.1 Å². The first-order chi connectivity index (χ1) is 9.88. The average Bonchev–Trinajstić information content (AvgIpc) is 2.68. The number of aryl methyl sites for hydroxylation is 2. The number of hydrogen-bond acceptors (Lipinski definition) is 3. The van der Waals surface area contributed by atoms with Crippen molar-refractivity contribution < 1.29 is 4.79 Å². The van der Waals surface area contributed by atoms with E-state index in [0.29, 0.717) is 34.4 Å². The van der Waals surface area contributed by atoms with Gasteiger partial charge in [0.2, 0.25) is 5.91 Å². The van der Waals surface area contributed by atoms with Gasteiger partial charge < -0.3 is 11.1 Å². The number of nitrogen functional groups attached to an aromatic ring is 1. The predicted octanol–water partition coefficient (Wildman–Crippen LogP) is 3.42. The molecule has 3 N–H and O–H groups in total. The van der Waals surface area contributed by atoms with Crippen molar-refractivity contribution in [1.29, 1.82) is 0 Å². The number of rotatable bonds is 4. The Morgan fingerprint density at radius 1 is 1.38 bits per heavy atom. The van der Waals surface area contributed by atoms with Crippen molar-refractivity contribution in [3.8, 4) is 0 Å². The molecule has 0 bridgehead atoms. The SMILES string of the molecule is Cc1nn(CCC(=O)Nc2ccc(Cl)c(N)c2)c(C)c1Cl. The molecule has 0 saturated heterocycles. The van der Waals surface area contributed by atoms with Crippen molar-refractivity contribution >= 4 is 40.5 Å². The first-order valence-electron chi connectivity index (χ1n) is 6.43. The zero-order valence-corrected chi connectivity index (χ0v) is 13.3. The molecule has 5 nitrogen and oxygen atoms in total. The zero-order valence-electron chi connectivity index (χ0n) is 11.8. The number of amides is 1. The van der Waals surface area contributed by atoms with Gasteiger partial charge in [-0.05, 0) is 32.0 Å². The molecule has 0 spiro atoms. The van der Waals surface area contributed by atoms with Crippen LogP contribution in [0, 0.1) is 13.8 Å². The Balaban J connectivity index is 1.95. The molecule has 0 aliphatic carbocycles. The minimum Gasteiger partial charge on any atom is -0.397 e. The van der Waals surface area contributed by atoms with Crippen molar-refractivity contribution in [3.05, 3.63) is 39.6 Å². The lowest BCUT2D eigenvalue weighted by Gasteiger charge is -2.08. The van der Waals surface area contributed by atoms with Crippen molar-refractivity contribution in [2.24, 2.45) is 0 Å². The summed E-state index contributed by atoms with van der Waals surface area (Å²) in [5.74, 6) is -0.125. The highest BCUT2D eigenvalue weighted by Crippen LogP contribution is 2.22. The third-order valence-corrected chi connectivity index (χ3v) is 4.01. The maximum Gasteiger partial charge on any atom is 0.226 e. The maximum atomic E-state index is 11.9. The minimum atomic E-state index is -0.125. The quantitative estimate of drug-likeness (QED) is 0.845. The van der Waals surface area contributed by atoms with Crippen LogP contribution in [0.15, 0.2) is 18.2 Å². The number of nitrogens with zero attached hydrogens (tertiary/aromatic N) is 2. The Kier molecular flexibility index (Phi) is 4.75. The van der Waals surface area contributed by atoms with E-state index in [1.54, 1.807) is 22.9 Å². The molecule has 0 saturated carbocycles. The summed E-state index contributed by atoms with van der Waals surface area (Å²) in [7, 11) is 0. The number of halogens is 2. The molecule has 1 aromatic carbocycles. The van der Waals surface area contributed by atoms with E-state index in [-0.39, 0.29) is 5.91 Å². The highest BCUT2D eigenvalue weighted by molar-refractivity contribution is 6.33. The van der Waals surface area contributed by atoms with Gasteiger partial charge in [-0.15, -0.1) is 0 Å². The number of aromatic nitrogens is 2. The molecular formula is C14H16Cl2N4O. The van der Waals surface area contributed by atoms with Crippen molar-refractivity contribution in [3.63, 3.8) is 0 Å². The number of nitrogens with two attached hydrogens (primary N) is 1. The topological polar surface area (TPSA) is 72.9 Å². The van der Waals surface area contributed by atoms with Gasteiger partial charge in [-0.2, -0.15) is 5.10 Å². The van der Waals surface area contributed by atoms with Gasteiger partial charge in [-0.1, -0.05) is 23.2 Å². The Hall–Kier alpha value is -1.72. The van der Waals surface area contributed by atoms with E-state index in [4.69, 9.17) is 28.9 Å². The van der Waals surface area contributed by atoms with Gasteiger partial charge >= 0.3 is 0 Å². The smallest absolute Gasteiger partial charge is 0.226 e. The molecule has 2 rings (SSSR count). The van der Waals surface area contributed by atoms with Gasteiger partial charge in [0.1, 0.15) is 0 Å². The summed E-state index contributed by atoms with van der Waals surface area (Å²) in [6.07, 6.45) is 0.292. The predicted molar refractivity (Wildman–Crippen MR) is 85.8 cm³/mol. The normalized spacial score (nSPS) is 10.7. The first-order valence-corrected chi connectivity index (χ1v) is 7.18. The van der Waals surface area contributed by atoms with Crippen LogP contribution in [0.1, 0.15) is 17.8 Å².